The van der Waals surface area contributed by atoms with Gasteiger partial charge in [-0.2, -0.15) is 4.98 Å². The summed E-state index contributed by atoms with van der Waals surface area (Å²) in [6.07, 6.45) is 0. The monoisotopic (exact) mass is 191 g/mol. The van der Waals surface area contributed by atoms with E-state index in [0.29, 0.717) is 6.01 Å². The summed E-state index contributed by atoms with van der Waals surface area (Å²) in [6, 6.07) is 8.31. The molecule has 0 fully saturated rings. The number of oxazole rings is 1. The lowest BCUT2D eigenvalue weighted by molar-refractivity contribution is 0.612. The predicted octanol–water partition coefficient (Wildman–Crippen LogP) is 1.46. The first-order valence-electron chi connectivity index (χ1n) is 4.64. The fourth-order valence-corrected chi connectivity index (χ4v) is 1.24. The molecule has 0 aliphatic carbocycles. The van der Waals surface area contributed by atoms with Crippen LogP contribution in [0.3, 0.4) is 0 Å². The quantitative estimate of drug-likeness (QED) is 0.718. The fraction of sp³-hybridized carbons (Fsp3) is 0.300. The molecule has 0 atom stereocenters. The molecule has 2 aromatic rings. The number of fused-ring (bicyclic) bond motifs is 1. The number of hydrogen-bond acceptors (Lipinski definition) is 4. The molecule has 0 spiro atoms. The van der Waals surface area contributed by atoms with E-state index in [9.17, 15) is 0 Å². The van der Waals surface area contributed by atoms with Crippen molar-refractivity contribution in [2.45, 2.75) is 0 Å². The molecule has 2 N–H and O–H groups in total. The van der Waals surface area contributed by atoms with Crippen LogP contribution in [0.2, 0.25) is 0 Å². The minimum absolute atomic E-state index is 0.585. The van der Waals surface area contributed by atoms with Crippen molar-refractivity contribution in [2.75, 3.05) is 25.5 Å². The van der Waals surface area contributed by atoms with Gasteiger partial charge in [0.1, 0.15) is 5.52 Å². The average molecular weight is 191 g/mol. The van der Waals surface area contributed by atoms with E-state index < -0.39 is 0 Å². The zero-order chi connectivity index (χ0) is 9.80. The molecular formula is C10H13N3O. The molecule has 0 unspecified atom stereocenters. The summed E-state index contributed by atoms with van der Waals surface area (Å²) in [5, 5.41) is 6.13. The largest absolute Gasteiger partial charge is 0.424 e. The van der Waals surface area contributed by atoms with Crippen molar-refractivity contribution in [3.05, 3.63) is 24.3 Å². The Morgan fingerprint density at radius 2 is 2.14 bits per heavy atom. The van der Waals surface area contributed by atoms with E-state index in [2.05, 4.69) is 15.6 Å². The molecule has 0 saturated carbocycles. The number of benzene rings is 1. The second-order valence-electron chi connectivity index (χ2n) is 3.02. The Bertz CT molecular complexity index is 377. The highest BCUT2D eigenvalue weighted by Crippen LogP contribution is 2.17. The van der Waals surface area contributed by atoms with E-state index in [1.807, 2.05) is 31.3 Å². The average Bonchev–Trinajstić information content (AvgIpc) is 2.60. The Morgan fingerprint density at radius 1 is 1.29 bits per heavy atom. The number of nitrogens with zero attached hydrogens (tertiary/aromatic N) is 1. The minimum atomic E-state index is 0.585. The second-order valence-corrected chi connectivity index (χ2v) is 3.02. The number of rotatable bonds is 4. The van der Waals surface area contributed by atoms with Gasteiger partial charge in [0.15, 0.2) is 5.58 Å². The topological polar surface area (TPSA) is 50.1 Å². The lowest BCUT2D eigenvalue weighted by Gasteiger charge is -1.98. The molecule has 0 aliphatic heterocycles. The molecule has 1 heterocycles. The third-order valence-electron chi connectivity index (χ3n) is 1.95. The molecule has 0 amide bonds. The normalized spacial score (nSPS) is 10.6. The Hall–Kier alpha value is -1.55. The summed E-state index contributed by atoms with van der Waals surface area (Å²) in [5.74, 6) is 0. The maximum absolute atomic E-state index is 5.46. The summed E-state index contributed by atoms with van der Waals surface area (Å²) in [5.41, 5.74) is 1.71. The molecule has 2 rings (SSSR count). The zero-order valence-electron chi connectivity index (χ0n) is 8.08. The van der Waals surface area contributed by atoms with Gasteiger partial charge in [-0.3, -0.25) is 0 Å². The first-order chi connectivity index (χ1) is 6.90. The van der Waals surface area contributed by atoms with Crippen molar-refractivity contribution in [1.82, 2.24) is 10.3 Å². The van der Waals surface area contributed by atoms with Crippen LogP contribution in [0.25, 0.3) is 11.1 Å². The Morgan fingerprint density at radius 3 is 2.93 bits per heavy atom. The zero-order valence-corrected chi connectivity index (χ0v) is 8.08. The third kappa shape index (κ3) is 1.85. The van der Waals surface area contributed by atoms with Gasteiger partial charge in [0.05, 0.1) is 0 Å². The molecule has 1 aromatic carbocycles. The fourth-order valence-electron chi connectivity index (χ4n) is 1.24. The predicted molar refractivity (Wildman–Crippen MR) is 56.4 cm³/mol. The van der Waals surface area contributed by atoms with E-state index in [1.54, 1.807) is 0 Å². The van der Waals surface area contributed by atoms with Gasteiger partial charge in [-0.05, 0) is 19.2 Å². The maximum atomic E-state index is 5.46. The van der Waals surface area contributed by atoms with Gasteiger partial charge in [0, 0.05) is 13.1 Å². The van der Waals surface area contributed by atoms with Gasteiger partial charge in [0.25, 0.3) is 6.01 Å². The summed E-state index contributed by atoms with van der Waals surface area (Å²) < 4.78 is 5.46. The number of likely N-dealkylation sites (N-methyl/N-ethyl adjacent to an activating group) is 1. The Labute approximate surface area is 82.3 Å². The first-order valence-corrected chi connectivity index (χ1v) is 4.64. The van der Waals surface area contributed by atoms with E-state index in [-0.39, 0.29) is 0 Å². The summed E-state index contributed by atoms with van der Waals surface area (Å²) in [7, 11) is 1.91. The molecule has 0 saturated heterocycles. The highest BCUT2D eigenvalue weighted by molar-refractivity contribution is 5.74. The Balaban J connectivity index is 2.11. The molecule has 0 radical (unpaired) electrons. The molecular weight excluding hydrogens is 178 g/mol. The van der Waals surface area contributed by atoms with Crippen molar-refractivity contribution in [3.8, 4) is 0 Å². The number of anilines is 1. The van der Waals surface area contributed by atoms with Gasteiger partial charge < -0.3 is 15.1 Å². The van der Waals surface area contributed by atoms with Crippen molar-refractivity contribution >= 4 is 17.1 Å². The van der Waals surface area contributed by atoms with Crippen LogP contribution >= 0.6 is 0 Å². The molecule has 1 aromatic heterocycles. The molecule has 0 bridgehead atoms. The molecule has 74 valence electrons. The van der Waals surface area contributed by atoms with Crippen molar-refractivity contribution in [3.63, 3.8) is 0 Å². The van der Waals surface area contributed by atoms with E-state index >= 15 is 0 Å². The highest BCUT2D eigenvalue weighted by Gasteiger charge is 2.02. The first kappa shape index (κ1) is 9.02. The summed E-state index contributed by atoms with van der Waals surface area (Å²) in [4.78, 5) is 4.28. The summed E-state index contributed by atoms with van der Waals surface area (Å²) in [6.45, 7) is 1.70. The van der Waals surface area contributed by atoms with Crippen LogP contribution in [0.5, 0.6) is 0 Å². The van der Waals surface area contributed by atoms with E-state index in [0.717, 1.165) is 24.2 Å². The number of para-hydroxylation sites is 2. The van der Waals surface area contributed by atoms with Crippen LogP contribution in [0.4, 0.5) is 6.01 Å². The van der Waals surface area contributed by atoms with Gasteiger partial charge in [-0.1, -0.05) is 12.1 Å². The van der Waals surface area contributed by atoms with E-state index in [4.69, 9.17) is 4.42 Å². The maximum Gasteiger partial charge on any atom is 0.295 e. The van der Waals surface area contributed by atoms with Gasteiger partial charge in [-0.15, -0.1) is 0 Å². The van der Waals surface area contributed by atoms with Crippen molar-refractivity contribution < 1.29 is 4.42 Å². The Kier molecular flexibility index (Phi) is 2.65. The summed E-state index contributed by atoms with van der Waals surface area (Å²) >= 11 is 0. The van der Waals surface area contributed by atoms with E-state index in [1.165, 1.54) is 0 Å². The van der Waals surface area contributed by atoms with Crippen LogP contribution in [0, 0.1) is 0 Å². The molecule has 14 heavy (non-hydrogen) atoms. The van der Waals surface area contributed by atoms with Crippen LogP contribution < -0.4 is 10.6 Å². The SMILES string of the molecule is CNCCNc1nc2ccccc2o1. The lowest BCUT2D eigenvalue weighted by atomic mass is 10.3. The number of hydrogen-bond donors (Lipinski definition) is 2. The van der Waals surface area contributed by atoms with Gasteiger partial charge in [0.2, 0.25) is 0 Å². The number of aromatic nitrogens is 1. The van der Waals surface area contributed by atoms with Crippen molar-refractivity contribution in [1.29, 1.82) is 0 Å². The standard InChI is InChI=1S/C10H13N3O/c1-11-6-7-12-10-13-8-4-2-3-5-9(8)14-10/h2-5,11H,6-7H2,1H3,(H,12,13). The van der Waals surface area contributed by atoms with Gasteiger partial charge >= 0.3 is 0 Å². The van der Waals surface area contributed by atoms with Crippen molar-refractivity contribution in [2.24, 2.45) is 0 Å². The number of nitrogens with one attached hydrogen (secondary N) is 2. The smallest absolute Gasteiger partial charge is 0.295 e. The van der Waals surface area contributed by atoms with Crippen LogP contribution in [0.15, 0.2) is 28.7 Å². The lowest BCUT2D eigenvalue weighted by Crippen LogP contribution is -2.17. The van der Waals surface area contributed by atoms with Crippen LogP contribution in [-0.4, -0.2) is 25.1 Å². The van der Waals surface area contributed by atoms with Crippen LogP contribution in [-0.2, 0) is 0 Å². The second kappa shape index (κ2) is 4.11. The third-order valence-corrected chi connectivity index (χ3v) is 1.95. The minimum Gasteiger partial charge on any atom is -0.424 e. The molecule has 0 aliphatic rings. The van der Waals surface area contributed by atoms with Gasteiger partial charge in [-0.25, -0.2) is 0 Å². The van der Waals surface area contributed by atoms with Crippen LogP contribution in [0.1, 0.15) is 0 Å². The molecule has 4 nitrogen and oxygen atoms in total. The molecule has 4 heteroatoms. The highest BCUT2D eigenvalue weighted by atomic mass is 16.4.